The first-order valence-corrected chi connectivity index (χ1v) is 7.94. The first-order chi connectivity index (χ1) is 12.4. The van der Waals surface area contributed by atoms with Crippen molar-refractivity contribution in [3.05, 3.63) is 59.4 Å². The molecule has 4 rings (SSSR count). The van der Waals surface area contributed by atoms with E-state index in [-0.39, 0.29) is 24.2 Å². The average molecular weight is 361 g/mol. The van der Waals surface area contributed by atoms with Crippen LogP contribution in [0.2, 0.25) is 0 Å². The molecule has 9 heteroatoms. The molecule has 1 aromatic carbocycles. The summed E-state index contributed by atoms with van der Waals surface area (Å²) in [6, 6.07) is 5.57. The highest BCUT2D eigenvalue weighted by atomic mass is 19.1. The minimum absolute atomic E-state index is 0.00664. The van der Waals surface area contributed by atoms with E-state index >= 15 is 0 Å². The number of nitrogens with zero attached hydrogens (tertiary/aromatic N) is 4. The SMILES string of the molecule is NC(=O)c1cnc2ccc(N3C[C@@H](F)C[C@@H]3c3cc(F)ccc3F)nn12. The molecule has 0 bridgehead atoms. The molecular weight excluding hydrogens is 347 g/mol. The van der Waals surface area contributed by atoms with Gasteiger partial charge in [0.1, 0.15) is 29.3 Å². The van der Waals surface area contributed by atoms with Crippen molar-refractivity contribution in [1.82, 2.24) is 14.6 Å². The second kappa shape index (κ2) is 6.01. The lowest BCUT2D eigenvalue weighted by Crippen LogP contribution is -2.26. The Morgan fingerprint density at radius 1 is 1.23 bits per heavy atom. The first-order valence-electron chi connectivity index (χ1n) is 7.94. The summed E-state index contributed by atoms with van der Waals surface area (Å²) in [5.41, 5.74) is 5.83. The molecule has 6 nitrogen and oxygen atoms in total. The number of hydrogen-bond acceptors (Lipinski definition) is 4. The van der Waals surface area contributed by atoms with E-state index in [1.165, 1.54) is 10.7 Å². The third-order valence-corrected chi connectivity index (χ3v) is 4.46. The molecule has 0 aliphatic carbocycles. The zero-order valence-corrected chi connectivity index (χ0v) is 13.4. The highest BCUT2D eigenvalue weighted by Crippen LogP contribution is 2.37. The van der Waals surface area contributed by atoms with E-state index in [4.69, 9.17) is 5.73 Å². The second-order valence-corrected chi connectivity index (χ2v) is 6.14. The van der Waals surface area contributed by atoms with Gasteiger partial charge in [-0.3, -0.25) is 4.79 Å². The molecule has 0 saturated carbocycles. The Labute approximate surface area is 146 Å². The summed E-state index contributed by atoms with van der Waals surface area (Å²) in [5, 5.41) is 4.30. The molecule has 1 saturated heterocycles. The predicted molar refractivity (Wildman–Crippen MR) is 87.5 cm³/mol. The Kier molecular flexibility index (Phi) is 3.78. The number of halogens is 3. The molecule has 2 aromatic heterocycles. The zero-order chi connectivity index (χ0) is 18.4. The fourth-order valence-electron chi connectivity index (χ4n) is 3.29. The van der Waals surface area contributed by atoms with Crippen LogP contribution in [0.3, 0.4) is 0 Å². The Bertz CT molecular complexity index is 1010. The maximum atomic E-state index is 14.2. The number of fused-ring (bicyclic) bond motifs is 1. The summed E-state index contributed by atoms with van der Waals surface area (Å²) in [6.07, 6.45) is 0.0749. The highest BCUT2D eigenvalue weighted by molar-refractivity contribution is 5.91. The summed E-state index contributed by atoms with van der Waals surface area (Å²) in [5.74, 6) is -1.61. The number of anilines is 1. The van der Waals surface area contributed by atoms with Crippen LogP contribution >= 0.6 is 0 Å². The Morgan fingerprint density at radius 3 is 2.81 bits per heavy atom. The van der Waals surface area contributed by atoms with Crippen molar-refractivity contribution in [2.75, 3.05) is 11.4 Å². The number of hydrogen-bond donors (Lipinski definition) is 1. The predicted octanol–water partition coefficient (Wildman–Crippen LogP) is 2.40. The van der Waals surface area contributed by atoms with E-state index in [9.17, 15) is 18.0 Å². The quantitative estimate of drug-likeness (QED) is 0.777. The fraction of sp³-hybridized carbons (Fsp3) is 0.235. The van der Waals surface area contributed by atoms with Crippen LogP contribution in [0.1, 0.15) is 28.5 Å². The van der Waals surface area contributed by atoms with Gasteiger partial charge in [0.25, 0.3) is 5.91 Å². The van der Waals surface area contributed by atoms with Crippen molar-refractivity contribution >= 4 is 17.4 Å². The van der Waals surface area contributed by atoms with Gasteiger partial charge >= 0.3 is 0 Å². The molecule has 1 fully saturated rings. The standard InChI is InChI=1S/C17H14F3N5O/c18-9-1-2-12(20)11(5-9)13-6-10(19)8-24(13)16-4-3-15-22-7-14(17(21)26)25(15)23-16/h1-5,7,10,13H,6,8H2,(H2,21,26)/t10-,13+/m0/s1. The molecular formula is C17H14F3N5O. The number of carbonyl (C=O) groups excluding carboxylic acids is 1. The summed E-state index contributed by atoms with van der Waals surface area (Å²) >= 11 is 0. The first kappa shape index (κ1) is 16.4. The van der Waals surface area contributed by atoms with Gasteiger partial charge in [0.05, 0.1) is 18.8 Å². The van der Waals surface area contributed by atoms with Crippen LogP contribution < -0.4 is 10.6 Å². The minimum atomic E-state index is -1.22. The van der Waals surface area contributed by atoms with Crippen LogP contribution in [0.25, 0.3) is 5.65 Å². The van der Waals surface area contributed by atoms with Gasteiger partial charge < -0.3 is 10.6 Å². The van der Waals surface area contributed by atoms with Crippen LogP contribution in [-0.2, 0) is 0 Å². The number of nitrogens with two attached hydrogens (primary N) is 1. The van der Waals surface area contributed by atoms with Crippen molar-refractivity contribution in [2.45, 2.75) is 18.6 Å². The average Bonchev–Trinajstić information content (AvgIpc) is 3.19. The number of benzene rings is 1. The normalized spacial score (nSPS) is 20.0. The molecule has 1 aliphatic rings. The van der Waals surface area contributed by atoms with E-state index in [0.29, 0.717) is 11.5 Å². The Hall–Kier alpha value is -3.10. The van der Waals surface area contributed by atoms with Crippen LogP contribution in [-0.4, -0.2) is 33.2 Å². The molecule has 3 heterocycles. The molecule has 0 spiro atoms. The lowest BCUT2D eigenvalue weighted by Gasteiger charge is -2.26. The van der Waals surface area contributed by atoms with Crippen molar-refractivity contribution < 1.29 is 18.0 Å². The number of aromatic nitrogens is 3. The van der Waals surface area contributed by atoms with Gasteiger partial charge in [0.15, 0.2) is 5.65 Å². The topological polar surface area (TPSA) is 76.5 Å². The van der Waals surface area contributed by atoms with Gasteiger partial charge in [-0.25, -0.2) is 22.7 Å². The molecule has 1 aliphatic heterocycles. The molecule has 134 valence electrons. The van der Waals surface area contributed by atoms with E-state index < -0.39 is 29.8 Å². The Balaban J connectivity index is 1.80. The molecule has 26 heavy (non-hydrogen) atoms. The number of carbonyl (C=O) groups is 1. The van der Waals surface area contributed by atoms with Gasteiger partial charge in [0, 0.05) is 12.0 Å². The molecule has 2 N–H and O–H groups in total. The van der Waals surface area contributed by atoms with Gasteiger partial charge in [-0.05, 0) is 30.3 Å². The summed E-state index contributed by atoms with van der Waals surface area (Å²) < 4.78 is 43.1. The van der Waals surface area contributed by atoms with E-state index in [0.717, 1.165) is 18.2 Å². The van der Waals surface area contributed by atoms with Crippen LogP contribution in [0.5, 0.6) is 0 Å². The molecule has 3 aromatic rings. The molecule has 2 atom stereocenters. The number of alkyl halides is 1. The molecule has 1 amide bonds. The number of imidazole rings is 1. The van der Waals surface area contributed by atoms with Crippen LogP contribution in [0.15, 0.2) is 36.5 Å². The lowest BCUT2D eigenvalue weighted by molar-refractivity contribution is 0.0993. The zero-order valence-electron chi connectivity index (χ0n) is 13.4. The van der Waals surface area contributed by atoms with E-state index in [1.54, 1.807) is 17.0 Å². The monoisotopic (exact) mass is 361 g/mol. The van der Waals surface area contributed by atoms with Crippen LogP contribution in [0.4, 0.5) is 19.0 Å². The lowest BCUT2D eigenvalue weighted by atomic mass is 10.0. The maximum Gasteiger partial charge on any atom is 0.269 e. The smallest absolute Gasteiger partial charge is 0.269 e. The third-order valence-electron chi connectivity index (χ3n) is 4.46. The maximum absolute atomic E-state index is 14.2. The minimum Gasteiger partial charge on any atom is -0.364 e. The summed E-state index contributed by atoms with van der Waals surface area (Å²) in [6.45, 7) is -0.0280. The van der Waals surface area contributed by atoms with Crippen molar-refractivity contribution in [3.8, 4) is 0 Å². The van der Waals surface area contributed by atoms with Gasteiger partial charge in [-0.15, -0.1) is 5.10 Å². The van der Waals surface area contributed by atoms with Crippen molar-refractivity contribution in [1.29, 1.82) is 0 Å². The fourth-order valence-corrected chi connectivity index (χ4v) is 3.29. The molecule has 0 radical (unpaired) electrons. The number of amides is 1. The number of primary amides is 1. The summed E-state index contributed by atoms with van der Waals surface area (Å²) in [4.78, 5) is 17.1. The second-order valence-electron chi connectivity index (χ2n) is 6.14. The number of rotatable bonds is 3. The van der Waals surface area contributed by atoms with E-state index in [2.05, 4.69) is 10.1 Å². The molecule has 0 unspecified atom stereocenters. The third kappa shape index (κ3) is 2.65. The summed E-state index contributed by atoms with van der Waals surface area (Å²) in [7, 11) is 0. The largest absolute Gasteiger partial charge is 0.364 e. The van der Waals surface area contributed by atoms with Gasteiger partial charge in [-0.1, -0.05) is 0 Å². The van der Waals surface area contributed by atoms with E-state index in [1.807, 2.05) is 0 Å². The highest BCUT2D eigenvalue weighted by Gasteiger charge is 2.36. The Morgan fingerprint density at radius 2 is 2.04 bits per heavy atom. The van der Waals surface area contributed by atoms with Crippen molar-refractivity contribution in [2.24, 2.45) is 5.73 Å². The van der Waals surface area contributed by atoms with Gasteiger partial charge in [0.2, 0.25) is 0 Å². The van der Waals surface area contributed by atoms with Crippen molar-refractivity contribution in [3.63, 3.8) is 0 Å². The van der Waals surface area contributed by atoms with Gasteiger partial charge in [-0.2, -0.15) is 0 Å². The van der Waals surface area contributed by atoms with Crippen LogP contribution in [0, 0.1) is 11.6 Å².